The number of methoxy groups -OCH3 is 1. The molecule has 4 nitrogen and oxygen atoms in total. The molecule has 1 N–H and O–H groups in total. The molecular weight excluding hydrogens is 331 g/mol. The van der Waals surface area contributed by atoms with Gasteiger partial charge in [-0.1, -0.05) is 30.7 Å². The van der Waals surface area contributed by atoms with Gasteiger partial charge in [-0.25, -0.2) is 4.39 Å². The molecule has 0 fully saturated rings. The predicted molar refractivity (Wildman–Crippen MR) is 94.0 cm³/mol. The van der Waals surface area contributed by atoms with Crippen molar-refractivity contribution in [2.45, 2.75) is 13.5 Å². The van der Waals surface area contributed by atoms with Crippen LogP contribution < -0.4 is 10.1 Å². The maximum absolute atomic E-state index is 13.8. The van der Waals surface area contributed by atoms with Crippen LogP contribution in [0.25, 0.3) is 0 Å². The molecule has 0 atom stereocenters. The van der Waals surface area contributed by atoms with Crippen molar-refractivity contribution in [2.24, 2.45) is 0 Å². The first kappa shape index (κ1) is 18.2. The summed E-state index contributed by atoms with van der Waals surface area (Å²) in [6, 6.07) is 11.8. The van der Waals surface area contributed by atoms with Crippen LogP contribution >= 0.6 is 11.6 Å². The number of anilines is 1. The van der Waals surface area contributed by atoms with Gasteiger partial charge in [-0.05, 0) is 42.4 Å². The quantitative estimate of drug-likeness (QED) is 0.822. The van der Waals surface area contributed by atoms with Crippen LogP contribution in [0.1, 0.15) is 12.5 Å². The number of carbonyl (C=O) groups is 1. The van der Waals surface area contributed by atoms with Gasteiger partial charge in [-0.3, -0.25) is 9.69 Å². The minimum absolute atomic E-state index is 0.145. The van der Waals surface area contributed by atoms with E-state index in [4.69, 9.17) is 16.3 Å². The van der Waals surface area contributed by atoms with Crippen molar-refractivity contribution in [3.63, 3.8) is 0 Å². The lowest BCUT2D eigenvalue weighted by Gasteiger charge is -2.20. The van der Waals surface area contributed by atoms with Gasteiger partial charge in [-0.15, -0.1) is 0 Å². The van der Waals surface area contributed by atoms with E-state index in [1.165, 1.54) is 13.2 Å². The third kappa shape index (κ3) is 5.22. The zero-order valence-corrected chi connectivity index (χ0v) is 14.4. The molecule has 0 aliphatic heterocycles. The molecule has 0 radical (unpaired) electrons. The molecule has 0 spiro atoms. The lowest BCUT2D eigenvalue weighted by Crippen LogP contribution is -2.32. The zero-order valence-electron chi connectivity index (χ0n) is 13.7. The molecule has 0 heterocycles. The molecule has 1 amide bonds. The Morgan fingerprint density at radius 2 is 2.08 bits per heavy atom. The Morgan fingerprint density at radius 3 is 2.71 bits per heavy atom. The lowest BCUT2D eigenvalue weighted by molar-refractivity contribution is -0.117. The Kier molecular flexibility index (Phi) is 6.58. The molecule has 2 aromatic carbocycles. The van der Waals surface area contributed by atoms with E-state index in [0.717, 1.165) is 5.56 Å². The minimum atomic E-state index is -0.408. The molecule has 6 heteroatoms. The van der Waals surface area contributed by atoms with Gasteiger partial charge in [0.15, 0.2) is 11.6 Å². The van der Waals surface area contributed by atoms with E-state index in [0.29, 0.717) is 23.8 Å². The summed E-state index contributed by atoms with van der Waals surface area (Å²) >= 11 is 5.90. The normalized spacial score (nSPS) is 10.7. The van der Waals surface area contributed by atoms with E-state index >= 15 is 0 Å². The average Bonchev–Trinajstić information content (AvgIpc) is 2.54. The number of nitrogens with zero attached hydrogens (tertiary/aromatic N) is 1. The predicted octanol–water partition coefficient (Wildman–Crippen LogP) is 3.95. The van der Waals surface area contributed by atoms with Gasteiger partial charge in [0, 0.05) is 17.3 Å². The third-order valence-corrected chi connectivity index (χ3v) is 3.78. The maximum Gasteiger partial charge on any atom is 0.238 e. The third-order valence-electron chi connectivity index (χ3n) is 3.55. The summed E-state index contributed by atoms with van der Waals surface area (Å²) < 4.78 is 18.7. The summed E-state index contributed by atoms with van der Waals surface area (Å²) in [6.07, 6.45) is 0. The molecular formula is C18H20ClFN2O2. The Bertz CT molecular complexity index is 709. The Morgan fingerprint density at radius 1 is 1.29 bits per heavy atom. The number of benzene rings is 2. The van der Waals surface area contributed by atoms with Gasteiger partial charge in [0.2, 0.25) is 5.91 Å². The van der Waals surface area contributed by atoms with Crippen molar-refractivity contribution in [1.82, 2.24) is 4.90 Å². The van der Waals surface area contributed by atoms with Gasteiger partial charge < -0.3 is 10.1 Å². The summed E-state index contributed by atoms with van der Waals surface area (Å²) in [6.45, 7) is 3.29. The van der Waals surface area contributed by atoms with E-state index in [9.17, 15) is 9.18 Å². The standard InChI is InChI=1S/C18H20ClFN2O2/c1-3-22(11-13-7-8-17(24-2)16(20)9-13)12-18(23)21-15-6-4-5-14(19)10-15/h4-10H,3,11-12H2,1-2H3,(H,21,23). The topological polar surface area (TPSA) is 41.6 Å². The molecule has 2 rings (SSSR count). The molecule has 0 saturated heterocycles. The van der Waals surface area contributed by atoms with E-state index < -0.39 is 5.82 Å². The molecule has 2 aromatic rings. The van der Waals surface area contributed by atoms with Crippen molar-refractivity contribution in [1.29, 1.82) is 0 Å². The van der Waals surface area contributed by atoms with E-state index in [2.05, 4.69) is 5.32 Å². The van der Waals surface area contributed by atoms with Crippen molar-refractivity contribution in [3.05, 3.63) is 58.9 Å². The second-order valence-electron chi connectivity index (χ2n) is 5.33. The van der Waals surface area contributed by atoms with Crippen LogP contribution in [-0.4, -0.2) is 31.0 Å². The van der Waals surface area contributed by atoms with Crippen LogP contribution in [0.3, 0.4) is 0 Å². The highest BCUT2D eigenvalue weighted by Gasteiger charge is 2.12. The maximum atomic E-state index is 13.8. The van der Waals surface area contributed by atoms with Crippen molar-refractivity contribution < 1.29 is 13.9 Å². The van der Waals surface area contributed by atoms with E-state index in [-0.39, 0.29) is 18.2 Å². The van der Waals surface area contributed by atoms with Gasteiger partial charge in [0.05, 0.1) is 13.7 Å². The lowest BCUT2D eigenvalue weighted by atomic mass is 10.2. The van der Waals surface area contributed by atoms with Gasteiger partial charge in [0.1, 0.15) is 0 Å². The highest BCUT2D eigenvalue weighted by Crippen LogP contribution is 2.19. The molecule has 0 aromatic heterocycles. The molecule has 128 valence electrons. The summed E-state index contributed by atoms with van der Waals surface area (Å²) in [5, 5.41) is 3.37. The fraction of sp³-hybridized carbons (Fsp3) is 0.278. The SMILES string of the molecule is CCN(CC(=O)Nc1cccc(Cl)c1)Cc1ccc(OC)c(F)c1. The Balaban J connectivity index is 1.96. The number of ether oxygens (including phenoxy) is 1. The number of nitrogens with one attached hydrogen (secondary N) is 1. The smallest absolute Gasteiger partial charge is 0.238 e. The summed E-state index contributed by atoms with van der Waals surface area (Å²) in [4.78, 5) is 14.1. The van der Waals surface area contributed by atoms with Gasteiger partial charge in [0.25, 0.3) is 0 Å². The van der Waals surface area contributed by atoms with Crippen molar-refractivity contribution in [3.8, 4) is 5.75 Å². The second-order valence-corrected chi connectivity index (χ2v) is 5.77. The largest absolute Gasteiger partial charge is 0.494 e. The minimum Gasteiger partial charge on any atom is -0.494 e. The molecule has 0 unspecified atom stereocenters. The van der Waals surface area contributed by atoms with Crippen molar-refractivity contribution >= 4 is 23.2 Å². The number of hydrogen-bond acceptors (Lipinski definition) is 3. The molecule has 0 bridgehead atoms. The van der Waals surface area contributed by atoms with E-state index in [1.54, 1.807) is 36.4 Å². The molecule has 24 heavy (non-hydrogen) atoms. The number of carbonyl (C=O) groups excluding carboxylic acids is 1. The summed E-state index contributed by atoms with van der Waals surface area (Å²) in [5.41, 5.74) is 1.43. The highest BCUT2D eigenvalue weighted by molar-refractivity contribution is 6.30. The van der Waals surface area contributed by atoms with Gasteiger partial charge >= 0.3 is 0 Å². The number of rotatable bonds is 7. The number of likely N-dealkylation sites (N-methyl/N-ethyl adjacent to an activating group) is 1. The first-order valence-electron chi connectivity index (χ1n) is 7.62. The fourth-order valence-electron chi connectivity index (χ4n) is 2.32. The second kappa shape index (κ2) is 8.66. The Hall–Kier alpha value is -2.11. The monoisotopic (exact) mass is 350 g/mol. The summed E-state index contributed by atoms with van der Waals surface area (Å²) in [5.74, 6) is -0.344. The van der Waals surface area contributed by atoms with Crippen LogP contribution in [0.2, 0.25) is 5.02 Å². The van der Waals surface area contributed by atoms with Crippen LogP contribution in [0, 0.1) is 5.82 Å². The van der Waals surface area contributed by atoms with E-state index in [1.807, 2.05) is 11.8 Å². The first-order chi connectivity index (χ1) is 11.5. The highest BCUT2D eigenvalue weighted by atomic mass is 35.5. The van der Waals surface area contributed by atoms with Crippen LogP contribution in [0.15, 0.2) is 42.5 Å². The first-order valence-corrected chi connectivity index (χ1v) is 7.99. The number of halogens is 2. The average molecular weight is 351 g/mol. The molecule has 0 saturated carbocycles. The van der Waals surface area contributed by atoms with Crippen LogP contribution in [0.5, 0.6) is 5.75 Å². The fourth-order valence-corrected chi connectivity index (χ4v) is 2.51. The zero-order chi connectivity index (χ0) is 17.5. The molecule has 0 aliphatic rings. The number of amides is 1. The van der Waals surface area contributed by atoms with Crippen LogP contribution in [0.4, 0.5) is 10.1 Å². The molecule has 0 aliphatic carbocycles. The summed E-state index contributed by atoms with van der Waals surface area (Å²) in [7, 11) is 1.43. The van der Waals surface area contributed by atoms with Crippen molar-refractivity contribution in [2.75, 3.05) is 25.5 Å². The van der Waals surface area contributed by atoms with Gasteiger partial charge in [-0.2, -0.15) is 0 Å². The van der Waals surface area contributed by atoms with Crippen LogP contribution in [-0.2, 0) is 11.3 Å². The number of hydrogen-bond donors (Lipinski definition) is 1. The Labute approximate surface area is 146 Å².